The average Bonchev–Trinajstić information content (AvgIpc) is 2.57. The average molecular weight is 322 g/mol. The molecule has 0 aromatic heterocycles. The molecule has 1 rings (SSSR count). The van der Waals surface area contributed by atoms with Gasteiger partial charge in [-0.15, -0.1) is 0 Å². The maximum Gasteiger partial charge on any atom is 0.309 e. The standard InChI is InChI=1S/C18H26O5/c1-3-12-22-16(19)10-11-18(21,14-17(20)23-13-4-2)15-8-6-5-7-9-15/h5-9,21H,3-4,10-14H2,1-2H3. The molecular formula is C18H26O5. The smallest absolute Gasteiger partial charge is 0.309 e. The Morgan fingerprint density at radius 2 is 1.57 bits per heavy atom. The molecule has 1 N–H and O–H groups in total. The second-order valence-corrected chi connectivity index (χ2v) is 5.52. The monoisotopic (exact) mass is 322 g/mol. The summed E-state index contributed by atoms with van der Waals surface area (Å²) in [5, 5.41) is 10.9. The zero-order valence-electron chi connectivity index (χ0n) is 13.9. The highest BCUT2D eigenvalue weighted by Crippen LogP contribution is 2.30. The molecule has 1 unspecified atom stereocenters. The zero-order valence-corrected chi connectivity index (χ0v) is 13.9. The fourth-order valence-corrected chi connectivity index (χ4v) is 2.19. The number of hydrogen-bond acceptors (Lipinski definition) is 5. The highest BCUT2D eigenvalue weighted by molar-refractivity contribution is 5.72. The Balaban J connectivity index is 2.76. The first-order chi connectivity index (χ1) is 11.0. The van der Waals surface area contributed by atoms with Gasteiger partial charge in [0, 0.05) is 6.42 Å². The lowest BCUT2D eigenvalue weighted by molar-refractivity contribution is -0.153. The van der Waals surface area contributed by atoms with Crippen LogP contribution in [-0.4, -0.2) is 30.3 Å². The van der Waals surface area contributed by atoms with Crippen LogP contribution in [0.25, 0.3) is 0 Å². The predicted molar refractivity (Wildman–Crippen MR) is 86.7 cm³/mol. The molecule has 5 nitrogen and oxygen atoms in total. The molecule has 1 atom stereocenters. The number of benzene rings is 1. The molecule has 1 aromatic carbocycles. The van der Waals surface area contributed by atoms with Gasteiger partial charge in [0.05, 0.1) is 19.6 Å². The van der Waals surface area contributed by atoms with Crippen LogP contribution < -0.4 is 0 Å². The van der Waals surface area contributed by atoms with E-state index in [1.165, 1.54) is 0 Å². The molecule has 0 fully saturated rings. The maximum absolute atomic E-state index is 11.9. The van der Waals surface area contributed by atoms with E-state index in [2.05, 4.69) is 0 Å². The molecule has 0 saturated carbocycles. The van der Waals surface area contributed by atoms with E-state index in [1.807, 2.05) is 19.9 Å². The topological polar surface area (TPSA) is 72.8 Å². The number of carbonyl (C=O) groups is 2. The molecule has 0 aliphatic carbocycles. The van der Waals surface area contributed by atoms with Crippen molar-refractivity contribution in [2.24, 2.45) is 0 Å². The summed E-state index contributed by atoms with van der Waals surface area (Å²) < 4.78 is 10.1. The first-order valence-corrected chi connectivity index (χ1v) is 8.11. The van der Waals surface area contributed by atoms with Crippen molar-refractivity contribution in [1.29, 1.82) is 0 Å². The number of carbonyl (C=O) groups excluding carboxylic acids is 2. The Kier molecular flexibility index (Phi) is 8.33. The van der Waals surface area contributed by atoms with Crippen molar-refractivity contribution in [1.82, 2.24) is 0 Å². The van der Waals surface area contributed by atoms with E-state index in [0.29, 0.717) is 18.8 Å². The van der Waals surface area contributed by atoms with Gasteiger partial charge >= 0.3 is 11.9 Å². The summed E-state index contributed by atoms with van der Waals surface area (Å²) >= 11 is 0. The molecule has 0 amide bonds. The van der Waals surface area contributed by atoms with Crippen LogP contribution in [0.2, 0.25) is 0 Å². The van der Waals surface area contributed by atoms with Gasteiger partial charge in [-0.2, -0.15) is 0 Å². The third kappa shape index (κ3) is 6.82. The predicted octanol–water partition coefficient (Wildman–Crippen LogP) is 2.95. The van der Waals surface area contributed by atoms with Crippen molar-refractivity contribution >= 4 is 11.9 Å². The Hall–Kier alpha value is -1.88. The van der Waals surface area contributed by atoms with E-state index in [4.69, 9.17) is 9.47 Å². The molecule has 0 radical (unpaired) electrons. The SMILES string of the molecule is CCCOC(=O)CCC(O)(CC(=O)OCCC)c1ccccc1. The number of esters is 2. The third-order valence-corrected chi connectivity index (χ3v) is 3.42. The van der Waals surface area contributed by atoms with Crippen LogP contribution in [-0.2, 0) is 24.7 Å². The van der Waals surface area contributed by atoms with Gasteiger partial charge in [0.1, 0.15) is 5.60 Å². The van der Waals surface area contributed by atoms with Crippen LogP contribution in [0, 0.1) is 0 Å². The van der Waals surface area contributed by atoms with Crippen molar-refractivity contribution in [3.63, 3.8) is 0 Å². The summed E-state index contributed by atoms with van der Waals surface area (Å²) in [5.41, 5.74) is -0.839. The second-order valence-electron chi connectivity index (χ2n) is 5.52. The van der Waals surface area contributed by atoms with Gasteiger partial charge in [0.25, 0.3) is 0 Å². The van der Waals surface area contributed by atoms with E-state index >= 15 is 0 Å². The molecular weight excluding hydrogens is 296 g/mol. The summed E-state index contributed by atoms with van der Waals surface area (Å²) in [4.78, 5) is 23.6. The molecule has 0 aliphatic heterocycles. The van der Waals surface area contributed by atoms with E-state index in [9.17, 15) is 14.7 Å². The fourth-order valence-electron chi connectivity index (χ4n) is 2.19. The lowest BCUT2D eigenvalue weighted by atomic mass is 9.86. The fraction of sp³-hybridized carbons (Fsp3) is 0.556. The molecule has 0 bridgehead atoms. The summed E-state index contributed by atoms with van der Waals surface area (Å²) in [6, 6.07) is 8.88. The molecule has 0 aliphatic rings. The summed E-state index contributed by atoms with van der Waals surface area (Å²) in [5.74, 6) is -0.844. The summed E-state index contributed by atoms with van der Waals surface area (Å²) in [6.07, 6.45) is 1.45. The molecule has 0 spiro atoms. The van der Waals surface area contributed by atoms with Gasteiger partial charge < -0.3 is 14.6 Å². The first-order valence-electron chi connectivity index (χ1n) is 8.11. The second kappa shape index (κ2) is 10.0. The van der Waals surface area contributed by atoms with Crippen molar-refractivity contribution < 1.29 is 24.2 Å². The van der Waals surface area contributed by atoms with Crippen LogP contribution in [0.3, 0.4) is 0 Å². The molecule has 5 heteroatoms. The van der Waals surface area contributed by atoms with E-state index in [1.54, 1.807) is 24.3 Å². The van der Waals surface area contributed by atoms with Gasteiger partial charge in [-0.05, 0) is 24.8 Å². The lowest BCUT2D eigenvalue weighted by Gasteiger charge is -2.27. The van der Waals surface area contributed by atoms with Crippen molar-refractivity contribution in [2.75, 3.05) is 13.2 Å². The van der Waals surface area contributed by atoms with Gasteiger partial charge in [0.2, 0.25) is 0 Å². The minimum atomic E-state index is -1.43. The van der Waals surface area contributed by atoms with Crippen molar-refractivity contribution in [2.45, 2.75) is 51.6 Å². The molecule has 0 heterocycles. The van der Waals surface area contributed by atoms with Gasteiger partial charge in [-0.25, -0.2) is 0 Å². The van der Waals surface area contributed by atoms with Crippen molar-refractivity contribution in [3.8, 4) is 0 Å². The van der Waals surface area contributed by atoms with Crippen molar-refractivity contribution in [3.05, 3.63) is 35.9 Å². The highest BCUT2D eigenvalue weighted by atomic mass is 16.5. The minimum absolute atomic E-state index is 0.0481. The van der Waals surface area contributed by atoms with Gasteiger partial charge in [-0.3, -0.25) is 9.59 Å². The Labute approximate surface area is 137 Å². The zero-order chi connectivity index (χ0) is 17.1. The van der Waals surface area contributed by atoms with E-state index in [-0.39, 0.29) is 25.2 Å². The van der Waals surface area contributed by atoms with Crippen LogP contribution in [0.15, 0.2) is 30.3 Å². The van der Waals surface area contributed by atoms with Gasteiger partial charge in [0.15, 0.2) is 0 Å². The van der Waals surface area contributed by atoms with E-state index in [0.717, 1.165) is 12.8 Å². The first kappa shape index (κ1) is 19.2. The van der Waals surface area contributed by atoms with Crippen LogP contribution in [0.1, 0.15) is 51.5 Å². The van der Waals surface area contributed by atoms with Crippen LogP contribution in [0.5, 0.6) is 0 Å². The largest absolute Gasteiger partial charge is 0.466 e. The molecule has 1 aromatic rings. The number of ether oxygens (including phenoxy) is 2. The summed E-state index contributed by atoms with van der Waals surface area (Å²) in [6.45, 7) is 4.50. The summed E-state index contributed by atoms with van der Waals surface area (Å²) in [7, 11) is 0. The van der Waals surface area contributed by atoms with Crippen LogP contribution >= 0.6 is 0 Å². The number of rotatable bonds is 10. The number of hydrogen-bond donors (Lipinski definition) is 1. The van der Waals surface area contributed by atoms with Crippen LogP contribution in [0.4, 0.5) is 0 Å². The maximum atomic E-state index is 11.9. The molecule has 0 saturated heterocycles. The lowest BCUT2D eigenvalue weighted by Crippen LogP contribution is -2.31. The quantitative estimate of drug-likeness (QED) is 0.671. The Bertz CT molecular complexity index is 485. The Morgan fingerprint density at radius 1 is 1.00 bits per heavy atom. The Morgan fingerprint density at radius 3 is 2.13 bits per heavy atom. The number of aliphatic hydroxyl groups is 1. The normalized spacial score (nSPS) is 13.2. The third-order valence-electron chi connectivity index (χ3n) is 3.42. The van der Waals surface area contributed by atoms with E-state index < -0.39 is 11.6 Å². The molecule has 23 heavy (non-hydrogen) atoms. The molecule has 128 valence electrons. The van der Waals surface area contributed by atoms with Gasteiger partial charge in [-0.1, -0.05) is 44.2 Å². The highest BCUT2D eigenvalue weighted by Gasteiger charge is 2.33. The minimum Gasteiger partial charge on any atom is -0.466 e.